The molecular weight excluding hydrogens is 372 g/mol. The maximum absolute atomic E-state index is 11.3. The van der Waals surface area contributed by atoms with Crippen LogP contribution in [0, 0.1) is 0 Å². The molecule has 0 aromatic rings. The van der Waals surface area contributed by atoms with E-state index < -0.39 is 18.3 Å². The van der Waals surface area contributed by atoms with Gasteiger partial charge in [-0.1, -0.05) is 58.3 Å². The summed E-state index contributed by atoms with van der Waals surface area (Å²) in [4.78, 5) is 11.3. The van der Waals surface area contributed by atoms with Crippen molar-refractivity contribution in [2.24, 2.45) is 0 Å². The molecule has 29 heavy (non-hydrogen) atoms. The minimum atomic E-state index is -0.804. The van der Waals surface area contributed by atoms with Gasteiger partial charge in [0.15, 0.2) is 0 Å². The van der Waals surface area contributed by atoms with E-state index in [2.05, 4.69) is 6.92 Å². The Bertz CT molecular complexity index is 457. The average Bonchev–Trinajstić information content (AvgIpc) is 3.36. The van der Waals surface area contributed by atoms with Crippen molar-refractivity contribution < 1.29 is 29.6 Å². The summed E-state index contributed by atoms with van der Waals surface area (Å²) in [5.74, 6) is -0.170. The molecule has 2 rings (SSSR count). The highest BCUT2D eigenvalue weighted by molar-refractivity contribution is 5.71. The predicted molar refractivity (Wildman–Crippen MR) is 111 cm³/mol. The molecule has 2 heterocycles. The molecule has 2 aliphatic heterocycles. The third-order valence-corrected chi connectivity index (χ3v) is 6.40. The molecule has 0 aromatic heterocycles. The number of esters is 1. The number of hydrogen-bond donors (Lipinski definition) is 3. The molecular formula is C23H42O6. The van der Waals surface area contributed by atoms with Gasteiger partial charge in [0, 0.05) is 6.42 Å². The summed E-state index contributed by atoms with van der Waals surface area (Å²) >= 11 is 0. The van der Waals surface area contributed by atoms with Crippen LogP contribution in [0.15, 0.2) is 0 Å². The van der Waals surface area contributed by atoms with E-state index in [1.165, 1.54) is 38.5 Å². The van der Waals surface area contributed by atoms with Gasteiger partial charge in [0.25, 0.3) is 0 Å². The van der Waals surface area contributed by atoms with E-state index in [-0.39, 0.29) is 24.3 Å². The molecule has 2 fully saturated rings. The van der Waals surface area contributed by atoms with E-state index in [1.54, 1.807) is 0 Å². The zero-order chi connectivity index (χ0) is 21.1. The van der Waals surface area contributed by atoms with Crippen LogP contribution in [0.25, 0.3) is 0 Å². The predicted octanol–water partition coefficient (Wildman–Crippen LogP) is 3.63. The van der Waals surface area contributed by atoms with Crippen molar-refractivity contribution in [3.8, 4) is 0 Å². The Morgan fingerprint density at radius 3 is 2.14 bits per heavy atom. The maximum Gasteiger partial charge on any atom is 0.306 e. The van der Waals surface area contributed by atoms with Crippen molar-refractivity contribution in [3.05, 3.63) is 0 Å². The monoisotopic (exact) mass is 414 g/mol. The van der Waals surface area contributed by atoms with Crippen LogP contribution in [-0.2, 0) is 14.3 Å². The standard InChI is InChI=1S/C23H42O6/c1-2-3-4-5-6-7-8-9-10-17(24)18(25)11-12-19(26)20-13-14-21(28-20)22-15-16-23(27)29-22/h17-22,24-26H,2-16H2,1H3/t17-,18-,19+,20+,21+,22-/m1/s1. The second-order valence-electron chi connectivity index (χ2n) is 8.90. The lowest BCUT2D eigenvalue weighted by atomic mass is 9.97. The fourth-order valence-electron chi connectivity index (χ4n) is 4.45. The summed E-state index contributed by atoms with van der Waals surface area (Å²) in [6.07, 6.45) is 10.9. The maximum atomic E-state index is 11.3. The summed E-state index contributed by atoms with van der Waals surface area (Å²) in [6.45, 7) is 2.22. The molecule has 0 saturated carbocycles. The zero-order valence-electron chi connectivity index (χ0n) is 18.1. The lowest BCUT2D eigenvalue weighted by Gasteiger charge is -2.23. The van der Waals surface area contributed by atoms with Gasteiger partial charge in [-0.25, -0.2) is 0 Å². The van der Waals surface area contributed by atoms with Crippen molar-refractivity contribution in [1.29, 1.82) is 0 Å². The summed E-state index contributed by atoms with van der Waals surface area (Å²) in [6, 6.07) is 0. The average molecular weight is 415 g/mol. The van der Waals surface area contributed by atoms with E-state index in [0.717, 1.165) is 25.7 Å². The van der Waals surface area contributed by atoms with Gasteiger partial charge in [-0.2, -0.15) is 0 Å². The minimum Gasteiger partial charge on any atom is -0.460 e. The van der Waals surface area contributed by atoms with Gasteiger partial charge in [-0.15, -0.1) is 0 Å². The summed E-state index contributed by atoms with van der Waals surface area (Å²) in [7, 11) is 0. The van der Waals surface area contributed by atoms with Crippen molar-refractivity contribution in [1.82, 2.24) is 0 Å². The van der Waals surface area contributed by atoms with Crippen LogP contribution in [0.1, 0.15) is 103 Å². The van der Waals surface area contributed by atoms with E-state index >= 15 is 0 Å². The molecule has 170 valence electrons. The molecule has 3 N–H and O–H groups in total. The Morgan fingerprint density at radius 1 is 0.828 bits per heavy atom. The third-order valence-electron chi connectivity index (χ3n) is 6.40. The first-order chi connectivity index (χ1) is 14.0. The van der Waals surface area contributed by atoms with E-state index in [4.69, 9.17) is 9.47 Å². The molecule has 6 nitrogen and oxygen atoms in total. The molecule has 0 bridgehead atoms. The number of cyclic esters (lactones) is 1. The first-order valence-corrected chi connectivity index (χ1v) is 11.9. The summed E-state index contributed by atoms with van der Waals surface area (Å²) in [5, 5.41) is 30.8. The molecule has 2 aliphatic rings. The lowest BCUT2D eigenvalue weighted by molar-refractivity contribution is -0.148. The van der Waals surface area contributed by atoms with E-state index in [0.29, 0.717) is 32.1 Å². The molecule has 0 spiro atoms. The van der Waals surface area contributed by atoms with Crippen LogP contribution in [0.5, 0.6) is 0 Å². The van der Waals surface area contributed by atoms with Gasteiger partial charge >= 0.3 is 5.97 Å². The topological polar surface area (TPSA) is 96.2 Å². The quantitative estimate of drug-likeness (QED) is 0.280. The second-order valence-corrected chi connectivity index (χ2v) is 8.90. The van der Waals surface area contributed by atoms with Crippen molar-refractivity contribution in [2.45, 2.75) is 140 Å². The highest BCUT2D eigenvalue weighted by atomic mass is 16.6. The number of unbranched alkanes of at least 4 members (excludes halogenated alkanes) is 7. The fourth-order valence-corrected chi connectivity index (χ4v) is 4.45. The largest absolute Gasteiger partial charge is 0.460 e. The van der Waals surface area contributed by atoms with Crippen molar-refractivity contribution >= 4 is 5.97 Å². The molecule has 0 amide bonds. The Kier molecular flexibility index (Phi) is 11.5. The Morgan fingerprint density at radius 2 is 1.48 bits per heavy atom. The van der Waals surface area contributed by atoms with Crippen LogP contribution in [0.3, 0.4) is 0 Å². The van der Waals surface area contributed by atoms with Crippen LogP contribution < -0.4 is 0 Å². The fraction of sp³-hybridized carbons (Fsp3) is 0.957. The molecule has 0 aliphatic carbocycles. The third kappa shape index (κ3) is 8.91. The number of rotatable bonds is 15. The van der Waals surface area contributed by atoms with Crippen LogP contribution in [0.2, 0.25) is 0 Å². The van der Waals surface area contributed by atoms with Gasteiger partial charge in [0.2, 0.25) is 0 Å². The molecule has 6 atom stereocenters. The number of hydrogen-bond acceptors (Lipinski definition) is 6. The van der Waals surface area contributed by atoms with E-state index in [9.17, 15) is 20.1 Å². The van der Waals surface area contributed by atoms with Crippen LogP contribution >= 0.6 is 0 Å². The van der Waals surface area contributed by atoms with Crippen molar-refractivity contribution in [3.63, 3.8) is 0 Å². The Labute approximate surface area is 176 Å². The first kappa shape index (κ1) is 24.6. The van der Waals surface area contributed by atoms with E-state index in [1.807, 2.05) is 0 Å². The second kappa shape index (κ2) is 13.6. The van der Waals surface area contributed by atoms with Gasteiger partial charge in [-0.3, -0.25) is 4.79 Å². The number of aliphatic hydroxyl groups excluding tert-OH is 3. The SMILES string of the molecule is CCCCCCCCCC[C@@H](O)[C@H](O)CC[C@H](O)[C@@H]1CC[C@@H]([C@H]2CCC(=O)O2)O1. The Balaban J connectivity index is 1.52. The van der Waals surface area contributed by atoms with Crippen molar-refractivity contribution in [2.75, 3.05) is 0 Å². The highest BCUT2D eigenvalue weighted by Crippen LogP contribution is 2.31. The number of carbonyl (C=O) groups is 1. The molecule has 0 aromatic carbocycles. The number of carbonyl (C=O) groups excluding carboxylic acids is 1. The highest BCUT2D eigenvalue weighted by Gasteiger charge is 2.39. The molecule has 2 saturated heterocycles. The first-order valence-electron chi connectivity index (χ1n) is 11.9. The Hall–Kier alpha value is -0.690. The molecule has 6 heteroatoms. The lowest BCUT2D eigenvalue weighted by Crippen LogP contribution is -2.33. The van der Waals surface area contributed by atoms with Gasteiger partial charge in [-0.05, 0) is 38.5 Å². The van der Waals surface area contributed by atoms with Crippen LogP contribution in [0.4, 0.5) is 0 Å². The minimum absolute atomic E-state index is 0.126. The number of aliphatic hydroxyl groups is 3. The summed E-state index contributed by atoms with van der Waals surface area (Å²) in [5.41, 5.74) is 0. The smallest absolute Gasteiger partial charge is 0.306 e. The summed E-state index contributed by atoms with van der Waals surface area (Å²) < 4.78 is 11.2. The van der Waals surface area contributed by atoms with Gasteiger partial charge in [0.1, 0.15) is 6.10 Å². The molecule has 0 unspecified atom stereocenters. The normalized spacial score (nSPS) is 27.7. The van der Waals surface area contributed by atoms with Gasteiger partial charge in [0.05, 0.1) is 30.5 Å². The van der Waals surface area contributed by atoms with Gasteiger partial charge < -0.3 is 24.8 Å². The number of ether oxygens (including phenoxy) is 2. The molecule has 0 radical (unpaired) electrons. The zero-order valence-corrected chi connectivity index (χ0v) is 18.1. The van der Waals surface area contributed by atoms with Crippen LogP contribution in [-0.4, -0.2) is 57.9 Å².